The minimum Gasteiger partial charge on any atom is -0.386 e. The van der Waals surface area contributed by atoms with Gasteiger partial charge in [0.05, 0.1) is 11.3 Å². The molecule has 4 nitrogen and oxygen atoms in total. The molecule has 0 fully saturated rings. The van der Waals surface area contributed by atoms with Crippen LogP contribution in [0, 0.1) is 0 Å². The number of thioether (sulfide) groups is 1. The van der Waals surface area contributed by atoms with Crippen LogP contribution >= 0.6 is 11.8 Å². The van der Waals surface area contributed by atoms with Gasteiger partial charge in [0.25, 0.3) is 0 Å². The molecule has 1 atom stereocenters. The van der Waals surface area contributed by atoms with Crippen LogP contribution in [0.2, 0.25) is 0 Å². The van der Waals surface area contributed by atoms with Crippen molar-refractivity contribution in [2.24, 2.45) is 16.5 Å². The summed E-state index contributed by atoms with van der Waals surface area (Å²) in [6.45, 7) is 1.81. The zero-order valence-electron chi connectivity index (χ0n) is 5.24. The van der Waals surface area contributed by atoms with E-state index < -0.39 is 0 Å². The van der Waals surface area contributed by atoms with Crippen molar-refractivity contribution in [2.75, 3.05) is 5.94 Å². The van der Waals surface area contributed by atoms with Crippen LogP contribution in [0.25, 0.3) is 0 Å². The molecule has 0 heterocycles. The Labute approximate surface area is 58.3 Å². The van der Waals surface area contributed by atoms with E-state index in [-0.39, 0.29) is 17.3 Å². The topological polar surface area (TPSA) is 84.6 Å². The van der Waals surface area contributed by atoms with Crippen LogP contribution in [0.1, 0.15) is 6.92 Å². The first-order valence-electron chi connectivity index (χ1n) is 2.48. The van der Waals surface area contributed by atoms with Crippen LogP contribution in [0.5, 0.6) is 0 Å². The number of guanidine groups is 1. The molecule has 5 N–H and O–H groups in total. The summed E-state index contributed by atoms with van der Waals surface area (Å²) in [5.41, 5.74) is 10.1. The van der Waals surface area contributed by atoms with Crippen molar-refractivity contribution < 1.29 is 5.11 Å². The van der Waals surface area contributed by atoms with E-state index in [1.54, 1.807) is 6.92 Å². The van der Waals surface area contributed by atoms with E-state index in [2.05, 4.69) is 4.99 Å². The quantitative estimate of drug-likeness (QED) is 0.281. The monoisotopic (exact) mass is 149 g/mol. The average Bonchev–Trinajstić information content (AvgIpc) is 1.63. The molecule has 0 aliphatic rings. The number of aliphatic hydroxyl groups is 1. The van der Waals surface area contributed by atoms with Crippen molar-refractivity contribution in [2.45, 2.75) is 12.3 Å². The number of nitrogens with zero attached hydrogens (tertiary/aromatic N) is 1. The molecule has 5 heteroatoms. The fourth-order valence-corrected chi connectivity index (χ4v) is 0.767. The molecule has 54 valence electrons. The molecule has 0 bridgehead atoms. The van der Waals surface area contributed by atoms with Crippen molar-refractivity contribution in [3.8, 4) is 0 Å². The number of aliphatic hydroxyl groups excluding tert-OH is 1. The zero-order valence-corrected chi connectivity index (χ0v) is 6.06. The van der Waals surface area contributed by atoms with Crippen molar-refractivity contribution in [1.82, 2.24) is 0 Å². The lowest BCUT2D eigenvalue weighted by Crippen LogP contribution is -2.24. The summed E-state index contributed by atoms with van der Waals surface area (Å²) < 4.78 is 0. The van der Waals surface area contributed by atoms with Crippen molar-refractivity contribution >= 4 is 17.7 Å². The molecular formula is C4H11N3OS. The lowest BCUT2D eigenvalue weighted by atomic mass is 10.8. The molecule has 0 aromatic rings. The summed E-state index contributed by atoms with van der Waals surface area (Å²) >= 11 is 1.27. The van der Waals surface area contributed by atoms with Gasteiger partial charge in [0.15, 0.2) is 5.96 Å². The standard InChI is InChI=1S/C4H11N3OS/c1-3(9-2-8)7-4(5)6/h3,8H,2H2,1H3,(H4,5,6,7). The maximum absolute atomic E-state index is 8.36. The lowest BCUT2D eigenvalue weighted by molar-refractivity contribution is 0.374. The summed E-state index contributed by atoms with van der Waals surface area (Å²) in [7, 11) is 0. The number of aliphatic imine (C=N–C) groups is 1. The SMILES string of the molecule is CC(N=C(N)N)SCO. The van der Waals surface area contributed by atoms with Gasteiger partial charge in [-0.05, 0) is 6.92 Å². The third-order valence-electron chi connectivity index (χ3n) is 0.647. The normalized spacial score (nSPS) is 12.7. The predicted octanol–water partition coefficient (Wildman–Crippen LogP) is -0.711. The molecule has 0 aromatic heterocycles. The second-order valence-corrected chi connectivity index (χ2v) is 2.72. The number of hydrogen-bond acceptors (Lipinski definition) is 3. The Hall–Kier alpha value is -0.420. The molecule has 0 saturated carbocycles. The lowest BCUT2D eigenvalue weighted by Gasteiger charge is -2.01. The van der Waals surface area contributed by atoms with Gasteiger partial charge in [-0.2, -0.15) is 0 Å². The summed E-state index contributed by atoms with van der Waals surface area (Å²) in [4.78, 5) is 3.74. The molecule has 0 saturated heterocycles. The fraction of sp³-hybridized carbons (Fsp3) is 0.750. The molecule has 0 aromatic carbocycles. The molecule has 0 rings (SSSR count). The van der Waals surface area contributed by atoms with E-state index >= 15 is 0 Å². The first-order valence-corrected chi connectivity index (χ1v) is 3.53. The Morgan fingerprint density at radius 2 is 2.33 bits per heavy atom. The molecular weight excluding hydrogens is 138 g/mol. The molecule has 0 spiro atoms. The van der Waals surface area contributed by atoms with Gasteiger partial charge in [-0.15, -0.1) is 11.8 Å². The van der Waals surface area contributed by atoms with E-state index in [1.807, 2.05) is 0 Å². The van der Waals surface area contributed by atoms with Crippen LogP contribution in [0.15, 0.2) is 4.99 Å². The van der Waals surface area contributed by atoms with Crippen LogP contribution in [0.3, 0.4) is 0 Å². The summed E-state index contributed by atoms with van der Waals surface area (Å²) in [6, 6.07) is 0. The Balaban J connectivity index is 3.49. The number of rotatable bonds is 3. The van der Waals surface area contributed by atoms with E-state index in [0.717, 1.165) is 0 Å². The van der Waals surface area contributed by atoms with Gasteiger partial charge in [-0.25, -0.2) is 4.99 Å². The van der Waals surface area contributed by atoms with Crippen LogP contribution in [-0.2, 0) is 0 Å². The number of hydrogen-bond donors (Lipinski definition) is 3. The molecule has 1 unspecified atom stereocenters. The summed E-state index contributed by atoms with van der Waals surface area (Å²) in [5.74, 6) is 0.0984. The fourth-order valence-electron chi connectivity index (χ4n) is 0.355. The highest BCUT2D eigenvalue weighted by atomic mass is 32.2. The van der Waals surface area contributed by atoms with Crippen molar-refractivity contribution in [3.63, 3.8) is 0 Å². The first kappa shape index (κ1) is 8.58. The first-order chi connectivity index (χ1) is 4.16. The van der Waals surface area contributed by atoms with Gasteiger partial charge < -0.3 is 16.6 Å². The molecule has 9 heavy (non-hydrogen) atoms. The highest BCUT2D eigenvalue weighted by Gasteiger charge is 1.95. The van der Waals surface area contributed by atoms with Gasteiger partial charge in [0.2, 0.25) is 0 Å². The maximum Gasteiger partial charge on any atom is 0.187 e. The average molecular weight is 149 g/mol. The predicted molar refractivity (Wildman–Crippen MR) is 39.9 cm³/mol. The van der Waals surface area contributed by atoms with Crippen molar-refractivity contribution in [3.05, 3.63) is 0 Å². The Morgan fingerprint density at radius 1 is 1.78 bits per heavy atom. The number of nitrogens with two attached hydrogens (primary N) is 2. The second kappa shape index (κ2) is 4.46. The van der Waals surface area contributed by atoms with Gasteiger partial charge in [-0.1, -0.05) is 0 Å². The largest absolute Gasteiger partial charge is 0.386 e. The summed E-state index contributed by atoms with van der Waals surface area (Å²) in [6.07, 6.45) is 0. The third-order valence-corrected chi connectivity index (χ3v) is 1.38. The minimum atomic E-state index is -0.0556. The Kier molecular flexibility index (Phi) is 4.25. The van der Waals surface area contributed by atoms with E-state index in [1.165, 1.54) is 11.8 Å². The molecule has 0 radical (unpaired) electrons. The summed E-state index contributed by atoms with van der Waals surface area (Å²) in [5, 5.41) is 8.31. The van der Waals surface area contributed by atoms with E-state index in [0.29, 0.717) is 0 Å². The maximum atomic E-state index is 8.36. The van der Waals surface area contributed by atoms with E-state index in [4.69, 9.17) is 16.6 Å². The van der Waals surface area contributed by atoms with Gasteiger partial charge in [-0.3, -0.25) is 0 Å². The Morgan fingerprint density at radius 3 is 2.67 bits per heavy atom. The van der Waals surface area contributed by atoms with Gasteiger partial charge in [0.1, 0.15) is 0 Å². The van der Waals surface area contributed by atoms with E-state index in [9.17, 15) is 0 Å². The highest BCUT2D eigenvalue weighted by Crippen LogP contribution is 2.08. The Bertz CT molecular complexity index is 102. The minimum absolute atomic E-state index is 0.0396. The van der Waals surface area contributed by atoms with Crippen LogP contribution in [0.4, 0.5) is 0 Å². The van der Waals surface area contributed by atoms with Crippen LogP contribution in [-0.4, -0.2) is 22.4 Å². The zero-order chi connectivity index (χ0) is 7.28. The third kappa shape index (κ3) is 5.45. The van der Waals surface area contributed by atoms with Gasteiger partial charge >= 0.3 is 0 Å². The smallest absolute Gasteiger partial charge is 0.187 e. The highest BCUT2D eigenvalue weighted by molar-refractivity contribution is 7.99. The van der Waals surface area contributed by atoms with Gasteiger partial charge in [0, 0.05) is 0 Å². The molecule has 0 aliphatic carbocycles. The van der Waals surface area contributed by atoms with Crippen molar-refractivity contribution in [1.29, 1.82) is 0 Å². The second-order valence-electron chi connectivity index (χ2n) is 1.45. The van der Waals surface area contributed by atoms with Crippen LogP contribution < -0.4 is 11.5 Å². The molecule has 0 aliphatic heterocycles. The molecule has 0 amide bonds.